The number of anilines is 1. The van der Waals surface area contributed by atoms with Crippen molar-refractivity contribution in [2.45, 2.75) is 6.42 Å². The fourth-order valence-corrected chi connectivity index (χ4v) is 4.25. The predicted octanol–water partition coefficient (Wildman–Crippen LogP) is 4.27. The van der Waals surface area contributed by atoms with Crippen molar-refractivity contribution < 1.29 is 19.2 Å². The molecule has 8 nitrogen and oxygen atoms in total. The predicted molar refractivity (Wildman–Crippen MR) is 110 cm³/mol. The Hall–Kier alpha value is -2.63. The summed E-state index contributed by atoms with van der Waals surface area (Å²) in [4.78, 5) is 39.5. The molecule has 28 heavy (non-hydrogen) atoms. The van der Waals surface area contributed by atoms with Crippen LogP contribution in [-0.4, -0.2) is 28.4 Å². The molecular weight excluding hydrogens is 470 g/mol. The van der Waals surface area contributed by atoms with E-state index in [0.717, 1.165) is 9.88 Å². The number of ether oxygens (including phenoxy) is 1. The Balaban J connectivity index is 1.49. The lowest BCUT2D eigenvalue weighted by atomic mass is 10.3. The van der Waals surface area contributed by atoms with Crippen LogP contribution < -0.4 is 5.32 Å². The molecule has 0 bridgehead atoms. The van der Waals surface area contributed by atoms with E-state index < -0.39 is 23.4 Å². The molecule has 144 valence electrons. The number of halogens is 1. The van der Waals surface area contributed by atoms with Crippen LogP contribution in [-0.2, 0) is 20.7 Å². The minimum Gasteiger partial charge on any atom is -0.455 e. The first-order valence-electron chi connectivity index (χ1n) is 7.80. The van der Waals surface area contributed by atoms with Crippen LogP contribution in [0, 0.1) is 10.1 Å². The number of nitro groups is 1. The Morgan fingerprint density at radius 1 is 1.29 bits per heavy atom. The second kappa shape index (κ2) is 9.04. The first-order chi connectivity index (χ1) is 13.4. The lowest BCUT2D eigenvalue weighted by molar-refractivity contribution is -0.384. The van der Waals surface area contributed by atoms with Gasteiger partial charge in [-0.25, -0.2) is 4.98 Å². The van der Waals surface area contributed by atoms with Gasteiger partial charge < -0.3 is 10.1 Å². The Morgan fingerprint density at radius 3 is 2.79 bits per heavy atom. The number of hydrogen-bond donors (Lipinski definition) is 1. The minimum absolute atomic E-state index is 0.0314. The van der Waals surface area contributed by atoms with Crippen LogP contribution >= 0.6 is 38.6 Å². The number of nitrogens with one attached hydrogen (secondary N) is 1. The highest BCUT2D eigenvalue weighted by molar-refractivity contribution is 9.10. The smallest absolute Gasteiger partial charge is 0.312 e. The molecule has 0 atom stereocenters. The lowest BCUT2D eigenvalue weighted by Gasteiger charge is -2.08. The van der Waals surface area contributed by atoms with E-state index in [4.69, 9.17) is 4.74 Å². The van der Waals surface area contributed by atoms with Gasteiger partial charge in [0.05, 0.1) is 27.6 Å². The number of esters is 1. The van der Waals surface area contributed by atoms with Gasteiger partial charge in [0.2, 0.25) is 0 Å². The number of carbonyl (C=O) groups is 2. The highest BCUT2D eigenvalue weighted by atomic mass is 79.9. The highest BCUT2D eigenvalue weighted by Gasteiger charge is 2.14. The highest BCUT2D eigenvalue weighted by Crippen LogP contribution is 2.28. The number of non-ortho nitro benzene ring substituents is 1. The Labute approximate surface area is 175 Å². The summed E-state index contributed by atoms with van der Waals surface area (Å²) in [5, 5.41) is 17.8. The number of thiophene rings is 1. The van der Waals surface area contributed by atoms with Gasteiger partial charge in [0, 0.05) is 22.0 Å². The quantitative estimate of drug-likeness (QED) is 0.306. The molecule has 0 fully saturated rings. The van der Waals surface area contributed by atoms with Crippen LogP contribution in [0.5, 0.6) is 0 Å². The van der Waals surface area contributed by atoms with Crippen molar-refractivity contribution in [3.05, 3.63) is 61.4 Å². The summed E-state index contributed by atoms with van der Waals surface area (Å²) in [5.41, 5.74) is 0.810. The van der Waals surface area contributed by atoms with Gasteiger partial charge in [-0.05, 0) is 33.4 Å². The van der Waals surface area contributed by atoms with Crippen LogP contribution in [0.25, 0.3) is 9.88 Å². The number of hydrogen-bond acceptors (Lipinski definition) is 8. The van der Waals surface area contributed by atoms with Crippen LogP contribution in [0.2, 0.25) is 0 Å². The van der Waals surface area contributed by atoms with E-state index in [1.54, 1.807) is 16.7 Å². The molecule has 0 spiro atoms. The van der Waals surface area contributed by atoms with E-state index in [-0.39, 0.29) is 12.1 Å². The normalized spacial score (nSPS) is 10.5. The molecule has 0 saturated heterocycles. The molecule has 0 aliphatic rings. The summed E-state index contributed by atoms with van der Waals surface area (Å²) < 4.78 is 5.33. The van der Waals surface area contributed by atoms with E-state index >= 15 is 0 Å². The largest absolute Gasteiger partial charge is 0.455 e. The van der Waals surface area contributed by atoms with Crippen LogP contribution in [0.1, 0.15) is 5.69 Å². The van der Waals surface area contributed by atoms with Gasteiger partial charge in [0.15, 0.2) is 6.61 Å². The minimum atomic E-state index is -0.569. The van der Waals surface area contributed by atoms with Gasteiger partial charge in [-0.1, -0.05) is 6.07 Å². The van der Waals surface area contributed by atoms with Crippen molar-refractivity contribution >= 4 is 61.9 Å². The van der Waals surface area contributed by atoms with Crippen molar-refractivity contribution in [3.63, 3.8) is 0 Å². The summed E-state index contributed by atoms with van der Waals surface area (Å²) >= 11 is 6.16. The Bertz CT molecular complexity index is 1020. The number of thiazole rings is 1. The molecule has 2 heterocycles. The van der Waals surface area contributed by atoms with Gasteiger partial charge in [-0.2, -0.15) is 0 Å². The number of nitro benzene ring substituents is 1. The molecule has 3 rings (SSSR count). The van der Waals surface area contributed by atoms with Crippen molar-refractivity contribution in [1.29, 1.82) is 0 Å². The first-order valence-corrected chi connectivity index (χ1v) is 10.4. The van der Waals surface area contributed by atoms with Gasteiger partial charge in [-0.15, -0.1) is 22.7 Å². The zero-order valence-electron chi connectivity index (χ0n) is 14.1. The van der Waals surface area contributed by atoms with Crippen molar-refractivity contribution in [1.82, 2.24) is 4.98 Å². The lowest BCUT2D eigenvalue weighted by Crippen LogP contribution is -2.21. The maximum atomic E-state index is 11.9. The summed E-state index contributed by atoms with van der Waals surface area (Å²) in [6.45, 7) is -0.468. The molecule has 1 amide bonds. The first kappa shape index (κ1) is 20.1. The van der Waals surface area contributed by atoms with E-state index in [0.29, 0.717) is 15.9 Å². The second-order valence-corrected chi connectivity index (χ2v) is 8.09. The second-order valence-electron chi connectivity index (χ2n) is 5.43. The molecule has 2 aromatic heterocycles. The average Bonchev–Trinajstić information content (AvgIpc) is 3.33. The number of carbonyl (C=O) groups excluding carboxylic acids is 2. The molecule has 0 radical (unpaired) electrons. The fraction of sp³-hybridized carbons (Fsp3) is 0.118. The van der Waals surface area contributed by atoms with Crippen LogP contribution in [0.4, 0.5) is 11.4 Å². The maximum Gasteiger partial charge on any atom is 0.312 e. The van der Waals surface area contributed by atoms with Crippen molar-refractivity contribution in [2.24, 2.45) is 0 Å². The molecular formula is C17H12BrN3O5S2. The summed E-state index contributed by atoms with van der Waals surface area (Å²) in [6, 6.07) is 7.81. The fourth-order valence-electron chi connectivity index (χ4n) is 2.15. The van der Waals surface area contributed by atoms with Gasteiger partial charge >= 0.3 is 5.97 Å². The molecule has 0 saturated carbocycles. The molecule has 1 N–H and O–H groups in total. The summed E-state index contributed by atoms with van der Waals surface area (Å²) in [7, 11) is 0. The number of amides is 1. The van der Waals surface area contributed by atoms with Gasteiger partial charge in [0.1, 0.15) is 5.01 Å². The molecule has 0 aliphatic carbocycles. The van der Waals surface area contributed by atoms with E-state index in [2.05, 4.69) is 26.2 Å². The monoisotopic (exact) mass is 481 g/mol. The molecule has 11 heteroatoms. The number of benzene rings is 1. The maximum absolute atomic E-state index is 11.9. The SMILES string of the molecule is O=C(COC(=O)Cc1csc(-c2cccs2)n1)Nc1ccc([N+](=O)[O-])cc1Br. The van der Waals surface area contributed by atoms with Gasteiger partial charge in [0.25, 0.3) is 11.6 Å². The van der Waals surface area contributed by atoms with E-state index in [9.17, 15) is 19.7 Å². The molecule has 3 aromatic rings. The number of rotatable bonds is 7. The van der Waals surface area contributed by atoms with Crippen molar-refractivity contribution in [2.75, 3.05) is 11.9 Å². The summed E-state index contributed by atoms with van der Waals surface area (Å²) in [5.74, 6) is -1.12. The standard InChI is InChI=1S/C17H12BrN3O5S2/c18-12-7-11(21(24)25)3-4-13(12)20-15(22)8-26-16(23)6-10-9-28-17(19-10)14-2-1-5-27-14/h1-5,7,9H,6,8H2,(H,20,22). The third-order valence-electron chi connectivity index (χ3n) is 3.41. The van der Waals surface area contributed by atoms with Crippen LogP contribution in [0.15, 0.2) is 45.6 Å². The summed E-state index contributed by atoms with van der Waals surface area (Å²) in [6.07, 6.45) is -0.0314. The zero-order valence-corrected chi connectivity index (χ0v) is 17.3. The molecule has 1 aromatic carbocycles. The average molecular weight is 482 g/mol. The van der Waals surface area contributed by atoms with E-state index in [1.165, 1.54) is 29.5 Å². The van der Waals surface area contributed by atoms with Crippen LogP contribution in [0.3, 0.4) is 0 Å². The molecule has 0 aliphatic heterocycles. The van der Waals surface area contributed by atoms with Gasteiger partial charge in [-0.3, -0.25) is 19.7 Å². The Morgan fingerprint density at radius 2 is 2.11 bits per heavy atom. The Kier molecular flexibility index (Phi) is 6.49. The number of nitrogens with zero attached hydrogens (tertiary/aromatic N) is 2. The third-order valence-corrected chi connectivity index (χ3v) is 6.00. The zero-order chi connectivity index (χ0) is 20.1. The number of aromatic nitrogens is 1. The van der Waals surface area contributed by atoms with Crippen molar-refractivity contribution in [3.8, 4) is 9.88 Å². The molecule has 0 unspecified atom stereocenters. The van der Waals surface area contributed by atoms with E-state index in [1.807, 2.05) is 17.5 Å². The topological polar surface area (TPSA) is 111 Å². The third kappa shape index (κ3) is 5.21.